The zero-order valence-electron chi connectivity index (χ0n) is 14.8. The van der Waals surface area contributed by atoms with E-state index in [1.807, 2.05) is 12.1 Å². The second-order valence-corrected chi connectivity index (χ2v) is 6.49. The van der Waals surface area contributed by atoms with Gasteiger partial charge in [-0.3, -0.25) is 0 Å². The fourth-order valence-corrected chi connectivity index (χ4v) is 2.85. The third kappa shape index (κ3) is 6.52. The highest BCUT2D eigenvalue weighted by molar-refractivity contribution is 5.28. The predicted octanol–water partition coefficient (Wildman–Crippen LogP) is 5.50. The van der Waals surface area contributed by atoms with Gasteiger partial charge < -0.3 is 14.2 Å². The van der Waals surface area contributed by atoms with Crippen molar-refractivity contribution in [1.29, 1.82) is 0 Å². The minimum Gasteiger partial charge on any atom is -0.494 e. The summed E-state index contributed by atoms with van der Waals surface area (Å²) in [6, 6.07) is 8.14. The molecular formula is C20H32O3. The summed E-state index contributed by atoms with van der Waals surface area (Å²) in [6.45, 7) is 6.85. The molecule has 0 saturated carbocycles. The van der Waals surface area contributed by atoms with Gasteiger partial charge in [0.2, 0.25) is 0 Å². The standard InChI is InChI=1S/C20H32O3/c1-3-5-7-9-17-15-22-20(23-16-17)18-10-12-19(13-11-18)21-14-8-6-4-2/h10-13,17,20H,3-9,14-16H2,1-2H3. The fourth-order valence-electron chi connectivity index (χ4n) is 2.85. The van der Waals surface area contributed by atoms with Crippen LogP contribution in [-0.2, 0) is 9.47 Å². The SMILES string of the molecule is CCCCCOc1ccc(C2OCC(CCCCC)CO2)cc1. The van der Waals surface area contributed by atoms with Crippen LogP contribution in [0.25, 0.3) is 0 Å². The lowest BCUT2D eigenvalue weighted by atomic mass is 10.0. The number of benzene rings is 1. The molecule has 0 N–H and O–H groups in total. The lowest BCUT2D eigenvalue weighted by molar-refractivity contribution is -0.206. The Labute approximate surface area is 141 Å². The molecule has 1 aliphatic heterocycles. The lowest BCUT2D eigenvalue weighted by Crippen LogP contribution is -2.27. The molecule has 1 fully saturated rings. The van der Waals surface area contributed by atoms with E-state index in [0.29, 0.717) is 5.92 Å². The van der Waals surface area contributed by atoms with Crippen molar-refractivity contribution >= 4 is 0 Å². The summed E-state index contributed by atoms with van der Waals surface area (Å²) >= 11 is 0. The smallest absolute Gasteiger partial charge is 0.183 e. The van der Waals surface area contributed by atoms with Crippen molar-refractivity contribution in [3.05, 3.63) is 29.8 Å². The van der Waals surface area contributed by atoms with Crippen molar-refractivity contribution in [2.24, 2.45) is 5.92 Å². The summed E-state index contributed by atoms with van der Waals surface area (Å²) in [4.78, 5) is 0. The largest absolute Gasteiger partial charge is 0.494 e. The van der Waals surface area contributed by atoms with Crippen LogP contribution >= 0.6 is 0 Å². The molecule has 1 aromatic carbocycles. The van der Waals surface area contributed by atoms with Crippen molar-refractivity contribution in [2.45, 2.75) is 65.1 Å². The molecule has 0 aromatic heterocycles. The number of hydrogen-bond donors (Lipinski definition) is 0. The molecule has 1 aliphatic rings. The van der Waals surface area contributed by atoms with E-state index in [0.717, 1.165) is 37.6 Å². The Morgan fingerprint density at radius 2 is 1.57 bits per heavy atom. The molecule has 0 amide bonds. The minimum absolute atomic E-state index is 0.216. The quantitative estimate of drug-likeness (QED) is 0.533. The molecule has 130 valence electrons. The lowest BCUT2D eigenvalue weighted by Gasteiger charge is -2.29. The number of hydrogen-bond acceptors (Lipinski definition) is 3. The van der Waals surface area contributed by atoms with Gasteiger partial charge in [0.15, 0.2) is 6.29 Å². The third-order valence-corrected chi connectivity index (χ3v) is 4.35. The first kappa shape index (κ1) is 18.3. The van der Waals surface area contributed by atoms with Gasteiger partial charge in [0.1, 0.15) is 5.75 Å². The van der Waals surface area contributed by atoms with Crippen LogP contribution in [0, 0.1) is 5.92 Å². The van der Waals surface area contributed by atoms with Crippen LogP contribution in [0.1, 0.15) is 70.6 Å². The van der Waals surface area contributed by atoms with Crippen molar-refractivity contribution in [3.8, 4) is 5.75 Å². The summed E-state index contributed by atoms with van der Waals surface area (Å²) < 4.78 is 17.5. The molecule has 0 radical (unpaired) electrons. The van der Waals surface area contributed by atoms with Gasteiger partial charge in [-0.2, -0.15) is 0 Å². The Hall–Kier alpha value is -1.06. The van der Waals surface area contributed by atoms with E-state index < -0.39 is 0 Å². The van der Waals surface area contributed by atoms with Crippen molar-refractivity contribution < 1.29 is 14.2 Å². The Kier molecular flexibility index (Phi) is 8.48. The van der Waals surface area contributed by atoms with Crippen LogP contribution < -0.4 is 4.74 Å². The number of rotatable bonds is 10. The van der Waals surface area contributed by atoms with Crippen LogP contribution in [0.2, 0.25) is 0 Å². The maximum Gasteiger partial charge on any atom is 0.183 e. The molecule has 3 heteroatoms. The van der Waals surface area contributed by atoms with Crippen molar-refractivity contribution in [3.63, 3.8) is 0 Å². The van der Waals surface area contributed by atoms with Crippen molar-refractivity contribution in [2.75, 3.05) is 19.8 Å². The Morgan fingerprint density at radius 3 is 2.22 bits per heavy atom. The van der Waals surface area contributed by atoms with E-state index in [2.05, 4.69) is 26.0 Å². The second kappa shape index (κ2) is 10.7. The summed E-state index contributed by atoms with van der Waals surface area (Å²) in [5.41, 5.74) is 1.08. The predicted molar refractivity (Wildman–Crippen MR) is 93.7 cm³/mol. The first-order valence-electron chi connectivity index (χ1n) is 9.29. The first-order chi connectivity index (χ1) is 11.3. The molecule has 23 heavy (non-hydrogen) atoms. The van der Waals surface area contributed by atoms with Crippen LogP contribution in [0.15, 0.2) is 24.3 Å². The summed E-state index contributed by atoms with van der Waals surface area (Å²) in [5.74, 6) is 1.48. The topological polar surface area (TPSA) is 27.7 Å². The van der Waals surface area contributed by atoms with Crippen molar-refractivity contribution in [1.82, 2.24) is 0 Å². The van der Waals surface area contributed by atoms with Gasteiger partial charge in [0.25, 0.3) is 0 Å². The zero-order valence-corrected chi connectivity index (χ0v) is 14.8. The summed E-state index contributed by atoms with van der Waals surface area (Å²) in [7, 11) is 0. The van der Waals surface area contributed by atoms with E-state index >= 15 is 0 Å². The van der Waals surface area contributed by atoms with E-state index in [4.69, 9.17) is 14.2 Å². The molecule has 2 rings (SSSR count). The van der Waals surface area contributed by atoms with E-state index in [1.165, 1.54) is 38.5 Å². The van der Waals surface area contributed by atoms with Crippen LogP contribution in [-0.4, -0.2) is 19.8 Å². The maximum atomic E-state index is 5.90. The summed E-state index contributed by atoms with van der Waals surface area (Å²) in [6.07, 6.45) is 8.41. The highest BCUT2D eigenvalue weighted by Crippen LogP contribution is 2.28. The van der Waals surface area contributed by atoms with E-state index in [-0.39, 0.29) is 6.29 Å². The zero-order chi connectivity index (χ0) is 16.3. The van der Waals surface area contributed by atoms with Gasteiger partial charge in [0.05, 0.1) is 19.8 Å². The molecule has 0 unspecified atom stereocenters. The molecule has 1 saturated heterocycles. The Balaban J connectivity index is 1.71. The maximum absolute atomic E-state index is 5.90. The minimum atomic E-state index is -0.216. The molecule has 0 spiro atoms. The van der Waals surface area contributed by atoms with E-state index in [9.17, 15) is 0 Å². The Morgan fingerprint density at radius 1 is 0.913 bits per heavy atom. The number of ether oxygens (including phenoxy) is 3. The molecule has 1 heterocycles. The highest BCUT2D eigenvalue weighted by atomic mass is 16.7. The molecular weight excluding hydrogens is 288 g/mol. The monoisotopic (exact) mass is 320 g/mol. The Bertz CT molecular complexity index is 407. The average Bonchev–Trinajstić information content (AvgIpc) is 2.60. The van der Waals surface area contributed by atoms with Gasteiger partial charge in [-0.1, -0.05) is 58.1 Å². The average molecular weight is 320 g/mol. The molecule has 0 atom stereocenters. The second-order valence-electron chi connectivity index (χ2n) is 6.49. The first-order valence-corrected chi connectivity index (χ1v) is 9.29. The fraction of sp³-hybridized carbons (Fsp3) is 0.700. The normalized spacial score (nSPS) is 21.3. The molecule has 0 aliphatic carbocycles. The number of unbranched alkanes of at least 4 members (excludes halogenated alkanes) is 4. The molecule has 3 nitrogen and oxygen atoms in total. The third-order valence-electron chi connectivity index (χ3n) is 4.35. The van der Waals surface area contributed by atoms with Gasteiger partial charge in [-0.05, 0) is 25.0 Å². The molecule has 0 bridgehead atoms. The molecule has 1 aromatic rings. The highest BCUT2D eigenvalue weighted by Gasteiger charge is 2.23. The van der Waals surface area contributed by atoms with E-state index in [1.54, 1.807) is 0 Å². The van der Waals surface area contributed by atoms with Crippen LogP contribution in [0.4, 0.5) is 0 Å². The van der Waals surface area contributed by atoms with Crippen LogP contribution in [0.5, 0.6) is 5.75 Å². The van der Waals surface area contributed by atoms with Gasteiger partial charge >= 0.3 is 0 Å². The van der Waals surface area contributed by atoms with Crippen LogP contribution in [0.3, 0.4) is 0 Å². The van der Waals surface area contributed by atoms with Gasteiger partial charge in [0, 0.05) is 11.5 Å². The van der Waals surface area contributed by atoms with Gasteiger partial charge in [-0.15, -0.1) is 0 Å². The van der Waals surface area contributed by atoms with Gasteiger partial charge in [-0.25, -0.2) is 0 Å². The summed E-state index contributed by atoms with van der Waals surface area (Å²) in [5, 5.41) is 0.